The predicted molar refractivity (Wildman–Crippen MR) is 197 cm³/mol. The molecule has 8 N–H and O–H groups in total. The van der Waals surface area contributed by atoms with Gasteiger partial charge in [0.15, 0.2) is 12.6 Å². The Labute approximate surface area is 325 Å². The van der Waals surface area contributed by atoms with Crippen LogP contribution in [0.1, 0.15) is 99.8 Å². The van der Waals surface area contributed by atoms with E-state index >= 15 is 0 Å². The first-order valence-corrected chi connectivity index (χ1v) is 20.9. The van der Waals surface area contributed by atoms with Gasteiger partial charge in [-0.05, 0) is 86.4 Å². The topological polar surface area (TPSA) is 208 Å². The molecule has 3 saturated heterocycles. The fourth-order valence-electron chi connectivity index (χ4n) is 14.3. The van der Waals surface area contributed by atoms with Gasteiger partial charge in [-0.2, -0.15) is 0 Å². The SMILES string of the molecule is C[C@H]1O[C@@H](O[C@H]2CC[C@@]3(C)[C@@H](CC[C@]4(C)[C@@H]3C=C[C@]35OC[C@@]6(CCC(C)(C)C[C@H]63)[C@H](O)C[C@]54C)[C@]2(C)CO)[C@H](O)[C@@H](O[C@H]2O[C@H](CO)[C@@H](O)[C@H](O)[C@H]2O)[C@H]1O. The van der Waals surface area contributed by atoms with Crippen molar-refractivity contribution in [1.82, 2.24) is 0 Å². The predicted octanol–water partition coefficient (Wildman–Crippen LogP) is 1.78. The number of aliphatic hydroxyl groups excluding tert-OH is 8. The Morgan fingerprint density at radius 3 is 2.13 bits per heavy atom. The Bertz CT molecular complexity index is 1490. The second-order valence-corrected chi connectivity index (χ2v) is 21.0. The number of ether oxygens (including phenoxy) is 5. The number of hydrogen-bond donors (Lipinski definition) is 8. The van der Waals surface area contributed by atoms with E-state index < -0.39 is 91.2 Å². The molecule has 5 aliphatic carbocycles. The first-order chi connectivity index (χ1) is 25.7. The van der Waals surface area contributed by atoms with Gasteiger partial charge in [-0.1, -0.05) is 53.7 Å². The molecular formula is C42H68O13. The molecule has 3 aliphatic heterocycles. The maximum absolute atomic E-state index is 12.1. The van der Waals surface area contributed by atoms with Crippen LogP contribution < -0.4 is 0 Å². The highest BCUT2D eigenvalue weighted by molar-refractivity contribution is 5.36. The number of rotatable bonds is 6. The first-order valence-electron chi connectivity index (χ1n) is 20.9. The molecule has 0 radical (unpaired) electrons. The maximum Gasteiger partial charge on any atom is 0.187 e. The zero-order valence-electron chi connectivity index (χ0n) is 33.7. The van der Waals surface area contributed by atoms with E-state index in [4.69, 9.17) is 23.7 Å². The summed E-state index contributed by atoms with van der Waals surface area (Å²) in [6.45, 7) is 15.4. The fraction of sp³-hybridized carbons (Fsp3) is 0.952. The molecule has 0 aromatic rings. The summed E-state index contributed by atoms with van der Waals surface area (Å²) >= 11 is 0. The van der Waals surface area contributed by atoms with Gasteiger partial charge in [-0.15, -0.1) is 0 Å². The molecule has 0 aromatic heterocycles. The normalized spacial score (nSPS) is 59.7. The van der Waals surface area contributed by atoms with E-state index in [1.54, 1.807) is 6.92 Å². The molecule has 8 rings (SSSR count). The summed E-state index contributed by atoms with van der Waals surface area (Å²) in [6.07, 6.45) is -3.39. The number of fused-ring (bicyclic) bond motifs is 4. The van der Waals surface area contributed by atoms with Crippen molar-refractivity contribution < 1.29 is 64.5 Å². The third-order valence-electron chi connectivity index (χ3n) is 17.9. The van der Waals surface area contributed by atoms with Crippen LogP contribution in [0.3, 0.4) is 0 Å². The monoisotopic (exact) mass is 780 g/mol. The molecule has 1 spiro atoms. The largest absolute Gasteiger partial charge is 0.396 e. The summed E-state index contributed by atoms with van der Waals surface area (Å²) in [5.74, 6) is 0.449. The van der Waals surface area contributed by atoms with Crippen LogP contribution in [0.2, 0.25) is 0 Å². The van der Waals surface area contributed by atoms with E-state index in [0.29, 0.717) is 19.4 Å². The standard InChI is InChI=1S/C42H68O13/c1-21-28(46)33(55-34-31(49)30(48)29(47)22(18-43)53-34)32(50)35(52-21)54-27-10-11-37(4)23(38(27,5)19-44)8-12-39(6)24(37)9-13-42-25-16-36(2,3)14-15-41(25,20-51-42)26(45)17-40(39,42)7/h9,13,21-35,43-50H,8,10-12,14-20H2,1-7H3/t21-,22-,23-,24-,25-,26-,27+,28+,29-,30+,31-,32-,33+,34-,35+,37+,38+,39-,40+,41-,42+/m1/s1. The summed E-state index contributed by atoms with van der Waals surface area (Å²) in [5, 5.41) is 87.0. The lowest BCUT2D eigenvalue weighted by molar-refractivity contribution is -0.367. The molecule has 0 unspecified atom stereocenters. The van der Waals surface area contributed by atoms with Crippen molar-refractivity contribution in [1.29, 1.82) is 0 Å². The minimum Gasteiger partial charge on any atom is -0.396 e. The number of hydrogen-bond acceptors (Lipinski definition) is 13. The smallest absolute Gasteiger partial charge is 0.187 e. The summed E-state index contributed by atoms with van der Waals surface area (Å²) in [7, 11) is 0. The molecular weight excluding hydrogens is 712 g/mol. The Balaban J connectivity index is 1.05. The molecule has 314 valence electrons. The van der Waals surface area contributed by atoms with Crippen LogP contribution in [-0.2, 0) is 23.7 Å². The second-order valence-electron chi connectivity index (χ2n) is 21.0. The van der Waals surface area contributed by atoms with Gasteiger partial charge in [-0.3, -0.25) is 0 Å². The Morgan fingerprint density at radius 2 is 1.44 bits per heavy atom. The lowest BCUT2D eigenvalue weighted by Gasteiger charge is -2.73. The van der Waals surface area contributed by atoms with Gasteiger partial charge in [0.2, 0.25) is 0 Å². The van der Waals surface area contributed by atoms with Crippen LogP contribution in [0, 0.1) is 50.2 Å². The van der Waals surface area contributed by atoms with E-state index in [9.17, 15) is 40.9 Å². The molecule has 7 fully saturated rings. The van der Waals surface area contributed by atoms with Crippen LogP contribution in [0.25, 0.3) is 0 Å². The highest BCUT2D eigenvalue weighted by Gasteiger charge is 2.79. The van der Waals surface area contributed by atoms with Gasteiger partial charge in [0.05, 0.1) is 43.7 Å². The molecule has 4 saturated carbocycles. The Morgan fingerprint density at radius 1 is 0.727 bits per heavy atom. The third kappa shape index (κ3) is 5.44. The van der Waals surface area contributed by atoms with Gasteiger partial charge in [-0.25, -0.2) is 0 Å². The van der Waals surface area contributed by atoms with Gasteiger partial charge < -0.3 is 64.5 Å². The molecule has 13 nitrogen and oxygen atoms in total. The number of allylic oxidation sites excluding steroid dienone is 1. The molecule has 0 amide bonds. The van der Waals surface area contributed by atoms with Crippen molar-refractivity contribution in [3.63, 3.8) is 0 Å². The zero-order valence-corrected chi connectivity index (χ0v) is 33.7. The van der Waals surface area contributed by atoms with Gasteiger partial charge in [0, 0.05) is 22.2 Å². The fourth-order valence-corrected chi connectivity index (χ4v) is 14.3. The van der Waals surface area contributed by atoms with Crippen LogP contribution in [-0.4, -0.2) is 140 Å². The molecule has 0 aromatic carbocycles. The van der Waals surface area contributed by atoms with Crippen LogP contribution in [0.15, 0.2) is 12.2 Å². The second kappa shape index (κ2) is 13.4. The van der Waals surface area contributed by atoms with E-state index in [0.717, 1.165) is 38.5 Å². The van der Waals surface area contributed by atoms with Crippen molar-refractivity contribution in [2.75, 3.05) is 19.8 Å². The quantitative estimate of drug-likeness (QED) is 0.143. The average Bonchev–Trinajstić information content (AvgIpc) is 3.41. The van der Waals surface area contributed by atoms with E-state index in [1.807, 2.05) is 0 Å². The van der Waals surface area contributed by atoms with Crippen LogP contribution >= 0.6 is 0 Å². The average molecular weight is 781 g/mol. The van der Waals surface area contributed by atoms with Gasteiger partial charge >= 0.3 is 0 Å². The minimum absolute atomic E-state index is 0.0414. The highest BCUT2D eigenvalue weighted by Crippen LogP contribution is 2.79. The Kier molecular flexibility index (Phi) is 9.95. The number of aliphatic hydroxyl groups is 8. The summed E-state index contributed by atoms with van der Waals surface area (Å²) in [4.78, 5) is 0. The van der Waals surface area contributed by atoms with Crippen molar-refractivity contribution in [3.8, 4) is 0 Å². The zero-order chi connectivity index (χ0) is 39.9. The Hall–Kier alpha value is -0.780. The van der Waals surface area contributed by atoms with E-state index in [2.05, 4.69) is 53.7 Å². The molecule has 2 bridgehead atoms. The van der Waals surface area contributed by atoms with Crippen molar-refractivity contribution >= 4 is 0 Å². The van der Waals surface area contributed by atoms with E-state index in [1.165, 1.54) is 0 Å². The first kappa shape index (κ1) is 41.0. The molecule has 21 atom stereocenters. The molecule has 3 heterocycles. The minimum atomic E-state index is -1.72. The molecule has 55 heavy (non-hydrogen) atoms. The molecule has 8 aliphatic rings. The summed E-state index contributed by atoms with van der Waals surface area (Å²) < 4.78 is 31.2. The lowest BCUT2D eigenvalue weighted by atomic mass is 9.32. The van der Waals surface area contributed by atoms with Gasteiger partial charge in [0.1, 0.15) is 42.7 Å². The van der Waals surface area contributed by atoms with Crippen molar-refractivity contribution in [2.24, 2.45) is 50.2 Å². The van der Waals surface area contributed by atoms with Crippen molar-refractivity contribution in [3.05, 3.63) is 12.2 Å². The highest BCUT2D eigenvalue weighted by atomic mass is 16.7. The van der Waals surface area contributed by atoms with Crippen molar-refractivity contribution in [2.45, 2.75) is 179 Å². The lowest BCUT2D eigenvalue weighted by Crippen LogP contribution is -2.72. The summed E-state index contributed by atoms with van der Waals surface area (Å²) in [6, 6.07) is 0. The molecule has 13 heteroatoms. The van der Waals surface area contributed by atoms with Crippen LogP contribution in [0.5, 0.6) is 0 Å². The van der Waals surface area contributed by atoms with Crippen LogP contribution in [0.4, 0.5) is 0 Å². The van der Waals surface area contributed by atoms with Gasteiger partial charge in [0.25, 0.3) is 0 Å². The summed E-state index contributed by atoms with van der Waals surface area (Å²) in [5.41, 5.74) is -1.90. The third-order valence-corrected chi connectivity index (χ3v) is 17.9. The maximum atomic E-state index is 12.1. The van der Waals surface area contributed by atoms with E-state index in [-0.39, 0.29) is 51.4 Å².